The van der Waals surface area contributed by atoms with Crippen LogP contribution in [0.3, 0.4) is 0 Å². The van der Waals surface area contributed by atoms with E-state index < -0.39 is 0 Å². The lowest BCUT2D eigenvalue weighted by atomic mass is 9.95. The van der Waals surface area contributed by atoms with Crippen molar-refractivity contribution >= 4 is 23.2 Å². The van der Waals surface area contributed by atoms with Gasteiger partial charge in [0.2, 0.25) is 5.91 Å². The molecule has 1 aliphatic carbocycles. The third-order valence-corrected chi connectivity index (χ3v) is 5.39. The zero-order chi connectivity index (χ0) is 20.6. The first-order valence-corrected chi connectivity index (χ1v) is 10.6. The van der Waals surface area contributed by atoms with Gasteiger partial charge in [-0.25, -0.2) is 0 Å². The number of rotatable bonds is 7. The largest absolute Gasteiger partial charge is 0.376 e. The highest BCUT2D eigenvalue weighted by Crippen LogP contribution is 2.23. The van der Waals surface area contributed by atoms with Crippen LogP contribution in [0.5, 0.6) is 0 Å². The van der Waals surface area contributed by atoms with Crippen molar-refractivity contribution in [2.45, 2.75) is 57.9 Å². The molecule has 0 aliphatic heterocycles. The van der Waals surface area contributed by atoms with Crippen LogP contribution >= 0.6 is 0 Å². The fraction of sp³-hybridized carbons (Fsp3) is 0.417. The Morgan fingerprint density at radius 3 is 2.34 bits per heavy atom. The van der Waals surface area contributed by atoms with Crippen molar-refractivity contribution < 1.29 is 9.59 Å². The first-order valence-electron chi connectivity index (χ1n) is 10.6. The molecule has 29 heavy (non-hydrogen) atoms. The Labute approximate surface area is 173 Å². The van der Waals surface area contributed by atoms with Crippen LogP contribution in [-0.2, 0) is 4.79 Å². The van der Waals surface area contributed by atoms with Crippen molar-refractivity contribution in [3.63, 3.8) is 0 Å². The van der Waals surface area contributed by atoms with E-state index in [4.69, 9.17) is 0 Å². The maximum absolute atomic E-state index is 12.4. The molecule has 0 spiro atoms. The van der Waals surface area contributed by atoms with Gasteiger partial charge in [-0.3, -0.25) is 9.59 Å². The summed E-state index contributed by atoms with van der Waals surface area (Å²) in [5, 5.41) is 9.20. The monoisotopic (exact) mass is 393 g/mol. The maximum atomic E-state index is 12.4. The van der Waals surface area contributed by atoms with Crippen molar-refractivity contribution in [1.29, 1.82) is 0 Å². The molecule has 0 heterocycles. The highest BCUT2D eigenvalue weighted by molar-refractivity contribution is 5.96. The van der Waals surface area contributed by atoms with Crippen molar-refractivity contribution in [2.75, 3.05) is 17.2 Å². The van der Waals surface area contributed by atoms with Gasteiger partial charge in [-0.05, 0) is 54.7 Å². The highest BCUT2D eigenvalue weighted by Gasteiger charge is 2.16. The van der Waals surface area contributed by atoms with Gasteiger partial charge < -0.3 is 16.0 Å². The molecular weight excluding hydrogens is 362 g/mol. The third kappa shape index (κ3) is 6.08. The number of para-hydroxylation sites is 1. The molecule has 154 valence electrons. The standard InChI is InChI=1S/C24H31N3O2/c1-17(2)21-10-6-7-11-22(21)25-16-23(28)26-20-14-12-18(13-15-20)24(29)27-19-8-4-3-5-9-19/h6-7,10-15,17,19,25H,3-5,8-9,16H2,1-2H3,(H,26,28)(H,27,29). The number of amides is 2. The molecule has 0 atom stereocenters. The normalized spacial score (nSPS) is 14.4. The predicted molar refractivity (Wildman–Crippen MR) is 118 cm³/mol. The van der Waals surface area contributed by atoms with E-state index in [1.54, 1.807) is 24.3 Å². The highest BCUT2D eigenvalue weighted by atomic mass is 16.2. The van der Waals surface area contributed by atoms with E-state index in [1.165, 1.54) is 24.8 Å². The zero-order valence-electron chi connectivity index (χ0n) is 17.3. The molecule has 2 amide bonds. The first-order chi connectivity index (χ1) is 14.0. The minimum Gasteiger partial charge on any atom is -0.376 e. The maximum Gasteiger partial charge on any atom is 0.251 e. The molecule has 1 fully saturated rings. The van der Waals surface area contributed by atoms with Gasteiger partial charge in [-0.1, -0.05) is 51.3 Å². The Bertz CT molecular complexity index is 824. The number of hydrogen-bond acceptors (Lipinski definition) is 3. The van der Waals surface area contributed by atoms with Crippen LogP contribution in [-0.4, -0.2) is 24.4 Å². The summed E-state index contributed by atoms with van der Waals surface area (Å²) in [6, 6.07) is 15.4. The Morgan fingerprint density at radius 2 is 1.66 bits per heavy atom. The lowest BCUT2D eigenvalue weighted by molar-refractivity contribution is -0.114. The van der Waals surface area contributed by atoms with E-state index in [0.29, 0.717) is 17.2 Å². The van der Waals surface area contributed by atoms with Crippen LogP contribution in [0.1, 0.15) is 67.8 Å². The number of anilines is 2. The van der Waals surface area contributed by atoms with Gasteiger partial charge in [0.1, 0.15) is 0 Å². The second-order valence-electron chi connectivity index (χ2n) is 8.03. The summed E-state index contributed by atoms with van der Waals surface area (Å²) in [6.07, 6.45) is 5.76. The molecule has 0 aromatic heterocycles. The summed E-state index contributed by atoms with van der Waals surface area (Å²) >= 11 is 0. The van der Waals surface area contributed by atoms with Gasteiger partial charge in [-0.15, -0.1) is 0 Å². The number of benzene rings is 2. The Morgan fingerprint density at radius 1 is 0.966 bits per heavy atom. The summed E-state index contributed by atoms with van der Waals surface area (Å²) in [5.41, 5.74) is 3.47. The van der Waals surface area contributed by atoms with Crippen LogP contribution in [0.4, 0.5) is 11.4 Å². The molecule has 0 saturated heterocycles. The average molecular weight is 394 g/mol. The Kier molecular flexibility index (Phi) is 7.28. The SMILES string of the molecule is CC(C)c1ccccc1NCC(=O)Nc1ccc(C(=O)NC2CCCCC2)cc1. The Balaban J connectivity index is 1.50. The fourth-order valence-corrected chi connectivity index (χ4v) is 3.76. The fourth-order valence-electron chi connectivity index (χ4n) is 3.76. The number of carbonyl (C=O) groups excluding carboxylic acids is 2. The number of hydrogen-bond donors (Lipinski definition) is 3. The van der Waals surface area contributed by atoms with E-state index >= 15 is 0 Å². The van der Waals surface area contributed by atoms with Crippen LogP contribution in [0.15, 0.2) is 48.5 Å². The van der Waals surface area contributed by atoms with Gasteiger partial charge in [0.15, 0.2) is 0 Å². The van der Waals surface area contributed by atoms with Gasteiger partial charge in [0.05, 0.1) is 6.54 Å². The van der Waals surface area contributed by atoms with E-state index in [-0.39, 0.29) is 24.4 Å². The van der Waals surface area contributed by atoms with Gasteiger partial charge in [-0.2, -0.15) is 0 Å². The van der Waals surface area contributed by atoms with Gasteiger partial charge in [0, 0.05) is 23.0 Å². The molecular formula is C24H31N3O2. The van der Waals surface area contributed by atoms with Crippen molar-refractivity contribution in [2.24, 2.45) is 0 Å². The van der Waals surface area contributed by atoms with Crippen LogP contribution in [0.25, 0.3) is 0 Å². The molecule has 2 aromatic carbocycles. The topological polar surface area (TPSA) is 70.2 Å². The molecule has 1 aliphatic rings. The van der Waals surface area contributed by atoms with Crippen molar-refractivity contribution in [3.05, 3.63) is 59.7 Å². The lowest BCUT2D eigenvalue weighted by Crippen LogP contribution is -2.36. The first kappa shape index (κ1) is 20.9. The molecule has 0 bridgehead atoms. The molecule has 0 radical (unpaired) electrons. The number of carbonyl (C=O) groups is 2. The summed E-state index contributed by atoms with van der Waals surface area (Å²) in [6.45, 7) is 4.45. The predicted octanol–water partition coefficient (Wildman–Crippen LogP) is 4.92. The van der Waals surface area contributed by atoms with Crippen molar-refractivity contribution in [1.82, 2.24) is 5.32 Å². The molecule has 3 rings (SSSR count). The minimum absolute atomic E-state index is 0.0401. The zero-order valence-corrected chi connectivity index (χ0v) is 17.3. The third-order valence-electron chi connectivity index (χ3n) is 5.39. The van der Waals surface area contributed by atoms with E-state index in [1.807, 2.05) is 18.2 Å². The Hall–Kier alpha value is -2.82. The molecule has 3 N–H and O–H groups in total. The summed E-state index contributed by atoms with van der Waals surface area (Å²) < 4.78 is 0. The van der Waals surface area contributed by atoms with Gasteiger partial charge in [0.25, 0.3) is 5.91 Å². The summed E-state index contributed by atoms with van der Waals surface area (Å²) in [7, 11) is 0. The second kappa shape index (κ2) is 10.1. The smallest absolute Gasteiger partial charge is 0.251 e. The summed E-state index contributed by atoms with van der Waals surface area (Å²) in [5.74, 6) is 0.221. The molecule has 0 unspecified atom stereocenters. The van der Waals surface area contributed by atoms with Gasteiger partial charge >= 0.3 is 0 Å². The van der Waals surface area contributed by atoms with Crippen LogP contribution < -0.4 is 16.0 Å². The quantitative estimate of drug-likeness (QED) is 0.625. The van der Waals surface area contributed by atoms with Crippen molar-refractivity contribution in [3.8, 4) is 0 Å². The molecule has 5 heteroatoms. The number of nitrogens with one attached hydrogen (secondary N) is 3. The van der Waals surface area contributed by atoms with Crippen LogP contribution in [0, 0.1) is 0 Å². The summed E-state index contributed by atoms with van der Waals surface area (Å²) in [4.78, 5) is 24.7. The van der Waals surface area contributed by atoms with E-state index in [9.17, 15) is 9.59 Å². The van der Waals surface area contributed by atoms with Crippen LogP contribution in [0.2, 0.25) is 0 Å². The molecule has 5 nitrogen and oxygen atoms in total. The van der Waals surface area contributed by atoms with E-state index in [0.717, 1.165) is 18.5 Å². The average Bonchev–Trinajstić information content (AvgIpc) is 2.73. The van der Waals surface area contributed by atoms with E-state index in [2.05, 4.69) is 35.9 Å². The second-order valence-corrected chi connectivity index (χ2v) is 8.03. The molecule has 1 saturated carbocycles. The molecule has 2 aromatic rings. The lowest BCUT2D eigenvalue weighted by Gasteiger charge is -2.22. The minimum atomic E-state index is -0.122.